The fourth-order valence-corrected chi connectivity index (χ4v) is 6.50. The number of ether oxygens (including phenoxy) is 4. The van der Waals surface area contributed by atoms with E-state index in [1.807, 2.05) is 30.3 Å². The van der Waals surface area contributed by atoms with Crippen LogP contribution in [-0.2, 0) is 40.2 Å². The summed E-state index contributed by atoms with van der Waals surface area (Å²) < 4.78 is 50.3. The molecule has 3 saturated heterocycles. The molecule has 3 fully saturated rings. The van der Waals surface area contributed by atoms with Crippen molar-refractivity contribution in [2.24, 2.45) is 5.92 Å². The quantitative estimate of drug-likeness (QED) is 0.260. The summed E-state index contributed by atoms with van der Waals surface area (Å²) in [5.41, 5.74) is 7.01. The van der Waals surface area contributed by atoms with Crippen LogP contribution in [0.15, 0.2) is 59.5 Å². The number of nitrogens with zero attached hydrogens (tertiary/aromatic N) is 1. The minimum atomic E-state index is -4.20. The number of nitrogen functional groups attached to an aromatic ring is 1. The molecule has 2 aromatic carbocycles. The number of nitrogens with two attached hydrogens (primary N) is 1. The second-order valence-corrected chi connectivity index (χ2v) is 12.3. The van der Waals surface area contributed by atoms with Crippen molar-refractivity contribution in [1.29, 1.82) is 0 Å². The van der Waals surface area contributed by atoms with E-state index in [-0.39, 0.29) is 30.1 Å². The van der Waals surface area contributed by atoms with E-state index in [0.29, 0.717) is 38.3 Å². The van der Waals surface area contributed by atoms with Crippen molar-refractivity contribution in [3.8, 4) is 0 Å². The first-order chi connectivity index (χ1) is 19.8. The number of fused-ring (bicyclic) bond motifs is 1. The van der Waals surface area contributed by atoms with E-state index >= 15 is 0 Å². The third-order valence-corrected chi connectivity index (χ3v) is 9.17. The Morgan fingerprint density at radius 2 is 1.78 bits per heavy atom. The van der Waals surface area contributed by atoms with Gasteiger partial charge in [0.2, 0.25) is 0 Å². The number of hydrogen-bond acceptors (Lipinski definition) is 10. The predicted octanol–water partition coefficient (Wildman–Crippen LogP) is 1.83. The highest BCUT2D eigenvalue weighted by Crippen LogP contribution is 2.33. The van der Waals surface area contributed by atoms with Crippen LogP contribution in [0.5, 0.6) is 0 Å². The van der Waals surface area contributed by atoms with Crippen molar-refractivity contribution in [1.82, 2.24) is 9.79 Å². The van der Waals surface area contributed by atoms with Crippen molar-refractivity contribution in [2.75, 3.05) is 38.7 Å². The second kappa shape index (κ2) is 13.5. The highest BCUT2D eigenvalue weighted by atomic mass is 32.2. The molecule has 1 amide bonds. The van der Waals surface area contributed by atoms with Gasteiger partial charge in [0.15, 0.2) is 6.29 Å². The fraction of sp³-hybridized carbons (Fsp3) is 0.536. The maximum Gasteiger partial charge on any atom is 0.407 e. The summed E-state index contributed by atoms with van der Waals surface area (Å²) in [6.07, 6.45) is -1.43. The number of hydrogen-bond donors (Lipinski definition) is 3. The molecule has 2 aromatic rings. The van der Waals surface area contributed by atoms with Gasteiger partial charge in [-0.1, -0.05) is 34.8 Å². The zero-order valence-corrected chi connectivity index (χ0v) is 23.5. The number of hydroxylamine groups is 1. The summed E-state index contributed by atoms with van der Waals surface area (Å²) in [5.74, 6) is -0.0494. The van der Waals surface area contributed by atoms with Crippen LogP contribution in [-0.4, -0.2) is 87.7 Å². The van der Waals surface area contributed by atoms with E-state index in [1.165, 1.54) is 24.3 Å². The van der Waals surface area contributed by atoms with Crippen molar-refractivity contribution >= 4 is 21.8 Å². The van der Waals surface area contributed by atoms with Crippen LogP contribution < -0.4 is 11.1 Å². The molecule has 41 heavy (non-hydrogen) atoms. The van der Waals surface area contributed by atoms with Gasteiger partial charge in [0.25, 0.3) is 10.0 Å². The number of aliphatic hydroxyl groups is 1. The molecule has 2 unspecified atom stereocenters. The van der Waals surface area contributed by atoms with Gasteiger partial charge in [0, 0.05) is 18.9 Å². The third kappa shape index (κ3) is 7.55. The van der Waals surface area contributed by atoms with Crippen molar-refractivity contribution in [3.05, 3.63) is 60.2 Å². The molecule has 5 rings (SSSR count). The third-order valence-electron chi connectivity index (χ3n) is 7.53. The molecule has 0 saturated carbocycles. The Morgan fingerprint density at radius 1 is 1.05 bits per heavy atom. The molecule has 5 atom stereocenters. The first-order valence-corrected chi connectivity index (χ1v) is 15.3. The first kappa shape index (κ1) is 29.7. The number of carbonyl (C=O) groups is 1. The van der Waals surface area contributed by atoms with Gasteiger partial charge in [-0.15, -0.1) is 0 Å². The Morgan fingerprint density at radius 3 is 2.51 bits per heavy atom. The van der Waals surface area contributed by atoms with Gasteiger partial charge < -0.3 is 35.1 Å². The predicted molar refractivity (Wildman–Crippen MR) is 147 cm³/mol. The van der Waals surface area contributed by atoms with Gasteiger partial charge in [0.05, 0.1) is 48.8 Å². The molecule has 0 spiro atoms. The molecule has 12 nitrogen and oxygen atoms in total. The summed E-state index contributed by atoms with van der Waals surface area (Å²) in [4.78, 5) is 19.0. The molecule has 224 valence electrons. The lowest BCUT2D eigenvalue weighted by molar-refractivity contribution is -0.170. The van der Waals surface area contributed by atoms with Crippen LogP contribution in [0.3, 0.4) is 0 Å². The van der Waals surface area contributed by atoms with Crippen molar-refractivity contribution in [3.63, 3.8) is 0 Å². The molecule has 0 radical (unpaired) electrons. The maximum absolute atomic E-state index is 13.7. The molecule has 3 heterocycles. The minimum absolute atomic E-state index is 0.0347. The Labute approximate surface area is 239 Å². The van der Waals surface area contributed by atoms with Gasteiger partial charge in [0.1, 0.15) is 6.10 Å². The SMILES string of the molecule is Nc1ccc(S(=O)(=O)N(CC(O)C(Cc2ccccc2)NC(=O)O[C@H]2CO[C@H]3OCC[C@H]32)OC2CCOCC2)cc1. The van der Waals surface area contributed by atoms with Crippen LogP contribution in [0.25, 0.3) is 0 Å². The monoisotopic (exact) mass is 591 g/mol. The number of nitrogens with one attached hydrogen (secondary N) is 1. The largest absolute Gasteiger partial charge is 0.443 e. The van der Waals surface area contributed by atoms with E-state index in [0.717, 1.165) is 16.5 Å². The molecular formula is C28H37N3O9S. The normalized spacial score (nSPS) is 24.6. The molecule has 0 aromatic heterocycles. The van der Waals surface area contributed by atoms with Crippen molar-refractivity contribution < 1.29 is 42.1 Å². The number of amides is 1. The van der Waals surface area contributed by atoms with Gasteiger partial charge in [-0.25, -0.2) is 13.2 Å². The second-order valence-electron chi connectivity index (χ2n) is 10.5. The summed E-state index contributed by atoms with van der Waals surface area (Å²) >= 11 is 0. The van der Waals surface area contributed by atoms with Crippen LogP contribution >= 0.6 is 0 Å². The highest BCUT2D eigenvalue weighted by Gasteiger charge is 2.44. The van der Waals surface area contributed by atoms with Gasteiger partial charge in [-0.3, -0.25) is 4.84 Å². The summed E-state index contributed by atoms with van der Waals surface area (Å²) in [5, 5.41) is 14.2. The van der Waals surface area contributed by atoms with Crippen molar-refractivity contribution in [2.45, 2.75) is 61.2 Å². The van der Waals surface area contributed by atoms with E-state index in [1.54, 1.807) is 0 Å². The van der Waals surface area contributed by atoms with Crippen LogP contribution in [0.1, 0.15) is 24.8 Å². The van der Waals surface area contributed by atoms with Gasteiger partial charge in [-0.05, 0) is 55.5 Å². The number of rotatable bonds is 11. The first-order valence-electron chi connectivity index (χ1n) is 13.8. The topological polar surface area (TPSA) is 159 Å². The molecule has 3 aliphatic rings. The smallest absolute Gasteiger partial charge is 0.407 e. The Kier molecular flexibility index (Phi) is 9.75. The summed E-state index contributed by atoms with van der Waals surface area (Å²) in [6.45, 7) is 1.20. The zero-order chi connectivity index (χ0) is 28.8. The molecular weight excluding hydrogens is 554 g/mol. The Bertz CT molecular complexity index is 1240. The summed E-state index contributed by atoms with van der Waals surface area (Å²) in [7, 11) is -4.20. The standard InChI is InChI=1S/C28H37N3O9S/c29-20-6-8-22(9-7-20)41(34,35)31(40-21-10-13-36-14-11-21)17-25(32)24(16-19-4-2-1-3-5-19)30-28(33)39-26-18-38-27-23(26)12-15-37-27/h1-9,21,23-27,32H,10-18,29H2,(H,30,33)/t23-,24?,25?,26-,27+/m0/s1. The lowest BCUT2D eigenvalue weighted by atomic mass is 10.0. The van der Waals surface area contributed by atoms with Crippen LogP contribution in [0, 0.1) is 5.92 Å². The zero-order valence-electron chi connectivity index (χ0n) is 22.7. The molecule has 0 bridgehead atoms. The van der Waals surface area contributed by atoms with Gasteiger partial charge in [-0.2, -0.15) is 0 Å². The fourth-order valence-electron chi connectivity index (χ4n) is 5.20. The number of anilines is 1. The Balaban J connectivity index is 1.34. The highest BCUT2D eigenvalue weighted by molar-refractivity contribution is 7.89. The molecule has 3 aliphatic heterocycles. The Hall–Kier alpha value is -2.78. The number of aliphatic hydroxyl groups excluding tert-OH is 1. The lowest BCUT2D eigenvalue weighted by Gasteiger charge is -2.32. The maximum atomic E-state index is 13.7. The lowest BCUT2D eigenvalue weighted by Crippen LogP contribution is -2.52. The molecule has 0 aliphatic carbocycles. The molecule has 13 heteroatoms. The number of carbonyl (C=O) groups excluding carboxylic acids is 1. The van der Waals surface area contributed by atoms with E-state index in [9.17, 15) is 18.3 Å². The van der Waals surface area contributed by atoms with Crippen LogP contribution in [0.4, 0.5) is 10.5 Å². The number of alkyl carbamates (subject to hydrolysis) is 1. The van der Waals surface area contributed by atoms with Crippen LogP contribution in [0.2, 0.25) is 0 Å². The average molecular weight is 592 g/mol. The molecule has 4 N–H and O–H groups in total. The van der Waals surface area contributed by atoms with Gasteiger partial charge >= 0.3 is 6.09 Å². The van der Waals surface area contributed by atoms with E-state index in [2.05, 4.69) is 5.32 Å². The number of benzene rings is 2. The average Bonchev–Trinajstić information content (AvgIpc) is 3.59. The minimum Gasteiger partial charge on any atom is -0.443 e. The number of sulfonamides is 1. The van der Waals surface area contributed by atoms with E-state index in [4.69, 9.17) is 29.5 Å². The van der Waals surface area contributed by atoms with E-state index < -0.39 is 47.0 Å². The summed E-state index contributed by atoms with van der Waals surface area (Å²) in [6, 6.07) is 14.1.